The third-order valence-electron chi connectivity index (χ3n) is 5.44. The number of imidazole rings is 1. The fourth-order valence-electron chi connectivity index (χ4n) is 3.38. The Morgan fingerprint density at radius 2 is 1.94 bits per heavy atom. The van der Waals surface area contributed by atoms with E-state index in [0.717, 1.165) is 16.9 Å². The predicted molar refractivity (Wildman–Crippen MR) is 140 cm³/mol. The molecule has 0 bridgehead atoms. The molecule has 0 aliphatic carbocycles. The summed E-state index contributed by atoms with van der Waals surface area (Å²) in [5.74, 6) is 5.25. The average molecular weight is 481 g/mol. The number of aromatic nitrogens is 4. The Morgan fingerprint density at radius 1 is 1.17 bits per heavy atom. The second-order valence-electron chi connectivity index (χ2n) is 8.03. The summed E-state index contributed by atoms with van der Waals surface area (Å²) >= 11 is 0. The molecule has 0 aliphatic rings. The van der Waals surface area contributed by atoms with Gasteiger partial charge in [-0.05, 0) is 55.7 Å². The summed E-state index contributed by atoms with van der Waals surface area (Å²) in [5, 5.41) is 10.0. The van der Waals surface area contributed by atoms with Crippen molar-refractivity contribution in [1.29, 1.82) is 0 Å². The topological polar surface area (TPSA) is 76.2 Å². The zero-order chi connectivity index (χ0) is 25.7. The Morgan fingerprint density at radius 3 is 2.67 bits per heavy atom. The first kappa shape index (κ1) is 24.2. The molecule has 3 heterocycles. The summed E-state index contributed by atoms with van der Waals surface area (Å²) in [6.45, 7) is 7.63. The quantitative estimate of drug-likeness (QED) is 0.220. The Labute approximate surface area is 208 Å². The third-order valence-corrected chi connectivity index (χ3v) is 5.44. The van der Waals surface area contributed by atoms with Crippen molar-refractivity contribution in [3.8, 4) is 11.8 Å². The molecule has 0 saturated heterocycles. The van der Waals surface area contributed by atoms with E-state index in [1.807, 2.05) is 55.9 Å². The number of amides is 1. The summed E-state index contributed by atoms with van der Waals surface area (Å²) in [5.41, 5.74) is 4.79. The van der Waals surface area contributed by atoms with Crippen molar-refractivity contribution in [2.75, 3.05) is 10.6 Å². The van der Waals surface area contributed by atoms with Gasteiger partial charge in [0.1, 0.15) is 11.5 Å². The first-order chi connectivity index (χ1) is 17.4. The van der Waals surface area contributed by atoms with Gasteiger partial charge >= 0.3 is 0 Å². The molecule has 1 amide bonds. The first-order valence-electron chi connectivity index (χ1n) is 11.2. The normalized spacial score (nSPS) is 11.7. The highest BCUT2D eigenvalue weighted by Gasteiger charge is 2.10. The number of rotatable bonds is 6. The fourth-order valence-corrected chi connectivity index (χ4v) is 3.38. The number of hydrogen-bond acceptors (Lipinski definition) is 4. The van der Waals surface area contributed by atoms with Crippen LogP contribution in [0.15, 0.2) is 96.6 Å². The number of carbonyl (C=O) groups is 1. The Bertz CT molecular complexity index is 1580. The molecule has 0 spiro atoms. The van der Waals surface area contributed by atoms with E-state index in [4.69, 9.17) is 0 Å². The number of nitrogens with one attached hydrogen (secondary N) is 2. The number of hydrogen-bond donors (Lipinski definition) is 2. The van der Waals surface area contributed by atoms with Crippen molar-refractivity contribution in [2.24, 2.45) is 7.05 Å². The van der Waals surface area contributed by atoms with Crippen LogP contribution in [-0.4, -0.2) is 25.1 Å². The number of carbonyl (C=O) groups excluding carboxylic acids is 1. The van der Waals surface area contributed by atoms with E-state index in [2.05, 4.69) is 39.1 Å². The maximum absolute atomic E-state index is 13.9. The molecule has 3 aromatic heterocycles. The Kier molecular flexibility index (Phi) is 7.12. The van der Waals surface area contributed by atoms with Crippen LogP contribution in [0.25, 0.3) is 5.65 Å². The van der Waals surface area contributed by atoms with Gasteiger partial charge in [-0.25, -0.2) is 9.37 Å². The minimum atomic E-state index is -0.516. The number of fused-ring (bicyclic) bond motifs is 1. The number of para-hydroxylation sites is 1. The van der Waals surface area contributed by atoms with Gasteiger partial charge in [0.25, 0.3) is 5.91 Å². The number of aryl methyl sites for hydroxylation is 1. The van der Waals surface area contributed by atoms with Gasteiger partial charge in [-0.1, -0.05) is 30.7 Å². The largest absolute Gasteiger partial charge is 0.350 e. The highest BCUT2D eigenvalue weighted by atomic mass is 19.1. The van der Waals surface area contributed by atoms with Crippen LogP contribution in [0.1, 0.15) is 19.5 Å². The highest BCUT2D eigenvalue weighted by molar-refractivity contribution is 6.05. The van der Waals surface area contributed by atoms with E-state index in [1.165, 1.54) is 12.1 Å². The number of pyridine rings is 1. The molecule has 0 unspecified atom stereocenters. The summed E-state index contributed by atoms with van der Waals surface area (Å²) in [4.78, 5) is 17.1. The van der Waals surface area contributed by atoms with Gasteiger partial charge in [0.2, 0.25) is 0 Å². The molecule has 8 heteroatoms. The van der Waals surface area contributed by atoms with Crippen LogP contribution < -0.4 is 10.6 Å². The predicted octanol–water partition coefficient (Wildman–Crippen LogP) is 5.39. The molecule has 2 N–H and O–H groups in total. The second-order valence-corrected chi connectivity index (χ2v) is 8.03. The monoisotopic (exact) mass is 480 g/mol. The molecule has 0 saturated carbocycles. The molecule has 180 valence electrons. The lowest BCUT2D eigenvalue weighted by Crippen LogP contribution is -2.14. The van der Waals surface area contributed by atoms with Crippen LogP contribution >= 0.6 is 0 Å². The van der Waals surface area contributed by atoms with Crippen molar-refractivity contribution >= 4 is 28.6 Å². The molecular formula is C28H25FN6O. The van der Waals surface area contributed by atoms with E-state index in [9.17, 15) is 9.18 Å². The van der Waals surface area contributed by atoms with E-state index in [0.29, 0.717) is 16.9 Å². The molecule has 4 aromatic rings. The number of halogens is 1. The zero-order valence-corrected chi connectivity index (χ0v) is 20.2. The number of anilines is 3. The molecule has 7 nitrogen and oxygen atoms in total. The van der Waals surface area contributed by atoms with Crippen molar-refractivity contribution in [3.05, 3.63) is 108 Å². The molecule has 0 aliphatic heterocycles. The lowest BCUT2D eigenvalue weighted by molar-refractivity contribution is -0.112. The zero-order valence-electron chi connectivity index (χ0n) is 20.2. The van der Waals surface area contributed by atoms with E-state index in [1.54, 1.807) is 35.3 Å². The van der Waals surface area contributed by atoms with Crippen LogP contribution in [0.5, 0.6) is 0 Å². The minimum Gasteiger partial charge on any atom is -0.350 e. The van der Waals surface area contributed by atoms with Gasteiger partial charge < -0.3 is 10.6 Å². The second kappa shape index (κ2) is 10.6. The van der Waals surface area contributed by atoms with Gasteiger partial charge in [-0.2, -0.15) is 5.10 Å². The van der Waals surface area contributed by atoms with E-state index in [-0.39, 0.29) is 11.3 Å². The van der Waals surface area contributed by atoms with Crippen LogP contribution in [0, 0.1) is 17.7 Å². The summed E-state index contributed by atoms with van der Waals surface area (Å²) in [6, 6.07) is 9.81. The molecule has 0 radical (unpaired) electrons. The summed E-state index contributed by atoms with van der Waals surface area (Å²) in [7, 11) is 1.85. The third kappa shape index (κ3) is 5.42. The lowest BCUT2D eigenvalue weighted by atomic mass is 10.0. The minimum absolute atomic E-state index is 0.0915. The average Bonchev–Trinajstić information content (AvgIpc) is 3.48. The standard InChI is InChI=1S/C28H25FN6O/c1-5-19(2)21(15-20(3)28(36)33-25-10-7-6-9-24(25)29)12-13-23-17-30-27-26(11-8-14-35(23)27)32-22-16-31-34(4)18-22/h5-11,14-18,32H,3H2,1-2,4H3,(H,33,36)/b19-5-,21-15-. The lowest BCUT2D eigenvalue weighted by Gasteiger charge is -2.07. The maximum Gasteiger partial charge on any atom is 0.255 e. The van der Waals surface area contributed by atoms with Gasteiger partial charge in [0, 0.05) is 30.6 Å². The van der Waals surface area contributed by atoms with Gasteiger partial charge in [0.05, 0.1) is 29.5 Å². The SMILES string of the molecule is C=C(/C=C(C#Cc1cnc2c(Nc3cnn(C)c3)cccn12)\C(C)=C/C)C(=O)Nc1ccccc1F. The molecule has 1 aromatic carbocycles. The fraction of sp³-hybridized carbons (Fsp3) is 0.107. The van der Waals surface area contributed by atoms with Crippen molar-refractivity contribution < 1.29 is 9.18 Å². The van der Waals surface area contributed by atoms with Crippen LogP contribution in [0.4, 0.5) is 21.5 Å². The van der Waals surface area contributed by atoms with E-state index >= 15 is 0 Å². The van der Waals surface area contributed by atoms with Gasteiger partial charge in [-0.15, -0.1) is 0 Å². The van der Waals surface area contributed by atoms with Crippen LogP contribution in [-0.2, 0) is 11.8 Å². The Balaban J connectivity index is 1.60. The maximum atomic E-state index is 13.9. The van der Waals surface area contributed by atoms with Crippen molar-refractivity contribution in [3.63, 3.8) is 0 Å². The smallest absolute Gasteiger partial charge is 0.255 e. The van der Waals surface area contributed by atoms with Crippen LogP contribution in [0.2, 0.25) is 0 Å². The number of benzene rings is 1. The van der Waals surface area contributed by atoms with Gasteiger partial charge in [0.15, 0.2) is 5.65 Å². The van der Waals surface area contributed by atoms with Crippen LogP contribution in [0.3, 0.4) is 0 Å². The molecule has 0 fully saturated rings. The Hall–Kier alpha value is -4.90. The molecule has 36 heavy (non-hydrogen) atoms. The molecular weight excluding hydrogens is 455 g/mol. The van der Waals surface area contributed by atoms with Gasteiger partial charge in [-0.3, -0.25) is 13.9 Å². The number of allylic oxidation sites excluding steroid dienone is 3. The van der Waals surface area contributed by atoms with Crippen molar-refractivity contribution in [1.82, 2.24) is 19.2 Å². The molecule has 0 atom stereocenters. The first-order valence-corrected chi connectivity index (χ1v) is 11.2. The van der Waals surface area contributed by atoms with E-state index < -0.39 is 11.7 Å². The van der Waals surface area contributed by atoms with Crippen molar-refractivity contribution in [2.45, 2.75) is 13.8 Å². The molecule has 4 rings (SSSR count). The number of nitrogens with zero attached hydrogens (tertiary/aromatic N) is 4. The highest BCUT2D eigenvalue weighted by Crippen LogP contribution is 2.22. The summed E-state index contributed by atoms with van der Waals surface area (Å²) < 4.78 is 17.5. The summed E-state index contributed by atoms with van der Waals surface area (Å²) in [6.07, 6.45) is 10.7.